The molecule has 2 aliphatic rings. The lowest BCUT2D eigenvalue weighted by molar-refractivity contribution is -0.158. The van der Waals surface area contributed by atoms with Gasteiger partial charge < -0.3 is 20.1 Å². The van der Waals surface area contributed by atoms with Gasteiger partial charge in [-0.2, -0.15) is 0 Å². The Balaban J connectivity index is 1.58. The maximum Gasteiger partial charge on any atom is 0.247 e. The van der Waals surface area contributed by atoms with Gasteiger partial charge in [0.1, 0.15) is 18.1 Å². The van der Waals surface area contributed by atoms with Crippen LogP contribution in [-0.4, -0.2) is 50.3 Å². The van der Waals surface area contributed by atoms with E-state index < -0.39 is 18.1 Å². The monoisotopic (exact) mass is 515 g/mol. The van der Waals surface area contributed by atoms with Crippen LogP contribution in [0.2, 0.25) is 0 Å². The molecular formula is C30H37N5O3. The molecule has 3 unspecified atom stereocenters. The molecule has 8 nitrogen and oxygen atoms in total. The number of rotatable bonds is 7. The number of piperazine rings is 1. The molecule has 8 heteroatoms. The highest BCUT2D eigenvalue weighted by atomic mass is 16.2. The second kappa shape index (κ2) is 10.2. The third-order valence-corrected chi connectivity index (χ3v) is 7.73. The Bertz CT molecular complexity index is 1350. The summed E-state index contributed by atoms with van der Waals surface area (Å²) in [5, 5.41) is 6.09. The van der Waals surface area contributed by atoms with Crippen molar-refractivity contribution in [3.05, 3.63) is 65.5 Å². The lowest BCUT2D eigenvalue weighted by atomic mass is 9.88. The van der Waals surface area contributed by atoms with E-state index in [4.69, 9.17) is 0 Å². The molecule has 1 aliphatic heterocycles. The summed E-state index contributed by atoms with van der Waals surface area (Å²) in [4.78, 5) is 47.9. The Morgan fingerprint density at radius 2 is 1.76 bits per heavy atom. The normalized spacial score (nSPS) is 20.8. The molecule has 2 aromatic carbocycles. The molecule has 2 heterocycles. The van der Waals surface area contributed by atoms with Crippen molar-refractivity contribution in [2.75, 3.05) is 0 Å². The van der Waals surface area contributed by atoms with Gasteiger partial charge in [0.2, 0.25) is 17.7 Å². The van der Waals surface area contributed by atoms with E-state index in [1.807, 2.05) is 69.6 Å². The molecule has 0 saturated carbocycles. The van der Waals surface area contributed by atoms with Crippen LogP contribution < -0.4 is 10.6 Å². The molecule has 1 saturated heterocycles. The first-order chi connectivity index (χ1) is 18.1. The molecule has 0 radical (unpaired) electrons. The Labute approximate surface area is 223 Å². The predicted molar refractivity (Wildman–Crippen MR) is 146 cm³/mol. The van der Waals surface area contributed by atoms with Gasteiger partial charge in [-0.3, -0.25) is 14.4 Å². The van der Waals surface area contributed by atoms with Gasteiger partial charge in [0, 0.05) is 13.1 Å². The van der Waals surface area contributed by atoms with Crippen LogP contribution in [0.3, 0.4) is 0 Å². The van der Waals surface area contributed by atoms with E-state index >= 15 is 0 Å². The van der Waals surface area contributed by atoms with E-state index in [2.05, 4.69) is 27.8 Å². The molecular weight excluding hydrogens is 478 g/mol. The van der Waals surface area contributed by atoms with Crippen LogP contribution >= 0.6 is 0 Å². The minimum Gasteiger partial charge on any atom is -0.352 e. The number of carbonyl (C=O) groups excluding carboxylic acids is 3. The van der Waals surface area contributed by atoms with E-state index in [0.717, 1.165) is 23.9 Å². The minimum atomic E-state index is -0.940. The van der Waals surface area contributed by atoms with Gasteiger partial charge in [0.25, 0.3) is 0 Å². The van der Waals surface area contributed by atoms with Crippen molar-refractivity contribution in [1.29, 1.82) is 0 Å². The number of benzene rings is 2. The Morgan fingerprint density at radius 3 is 2.39 bits per heavy atom. The number of imidazole rings is 1. The van der Waals surface area contributed by atoms with Gasteiger partial charge in [-0.15, -0.1) is 0 Å². The quantitative estimate of drug-likeness (QED) is 0.505. The van der Waals surface area contributed by atoms with Crippen molar-refractivity contribution in [2.45, 2.75) is 71.1 Å². The smallest absolute Gasteiger partial charge is 0.247 e. The third kappa shape index (κ3) is 4.79. The molecule has 5 rings (SSSR count). The van der Waals surface area contributed by atoms with E-state index in [1.165, 1.54) is 11.1 Å². The summed E-state index contributed by atoms with van der Waals surface area (Å²) in [7, 11) is 1.90. The largest absolute Gasteiger partial charge is 0.352 e. The zero-order valence-corrected chi connectivity index (χ0v) is 22.8. The van der Waals surface area contributed by atoms with Crippen LogP contribution in [0.1, 0.15) is 56.8 Å². The standard InChI is InChI=1S/C30H37N5O3/c1-17(2)12-25-28(36)33-26(22-13-19-8-6-7-9-20(19)14-22)30(38)35(25)27(29(37)32-18(3)4)21-10-11-23-24(15-21)34(5)16-31-23/h6-11,15-18,22,25-27H,12-14H2,1-5H3,(H,32,37)(H,33,36). The summed E-state index contributed by atoms with van der Waals surface area (Å²) >= 11 is 0. The summed E-state index contributed by atoms with van der Waals surface area (Å²) in [5.41, 5.74) is 4.77. The Morgan fingerprint density at radius 1 is 1.08 bits per heavy atom. The summed E-state index contributed by atoms with van der Waals surface area (Å²) in [6.07, 6.45) is 3.64. The van der Waals surface area contributed by atoms with Gasteiger partial charge in [0.15, 0.2) is 0 Å². The number of nitrogens with one attached hydrogen (secondary N) is 2. The maximum absolute atomic E-state index is 14.4. The first-order valence-corrected chi connectivity index (χ1v) is 13.5. The minimum absolute atomic E-state index is 0.0558. The maximum atomic E-state index is 14.4. The topological polar surface area (TPSA) is 96.3 Å². The van der Waals surface area contributed by atoms with Crippen molar-refractivity contribution in [1.82, 2.24) is 25.1 Å². The third-order valence-electron chi connectivity index (χ3n) is 7.73. The molecule has 3 aromatic rings. The highest BCUT2D eigenvalue weighted by molar-refractivity contribution is 6.00. The second-order valence-electron chi connectivity index (χ2n) is 11.5. The molecule has 3 amide bonds. The van der Waals surface area contributed by atoms with Gasteiger partial charge in [-0.05, 0) is 73.8 Å². The SMILES string of the molecule is CC(C)CC1C(=O)NC(C2Cc3ccccc3C2)C(=O)N1C(C(=O)NC(C)C)c1ccc2ncn(C)c2c1. The van der Waals surface area contributed by atoms with E-state index in [9.17, 15) is 14.4 Å². The van der Waals surface area contributed by atoms with Crippen molar-refractivity contribution >= 4 is 28.8 Å². The van der Waals surface area contributed by atoms with E-state index in [-0.39, 0.29) is 35.6 Å². The summed E-state index contributed by atoms with van der Waals surface area (Å²) in [6, 6.07) is 11.3. The molecule has 2 N–H and O–H groups in total. The number of aryl methyl sites for hydroxylation is 1. The average molecular weight is 516 g/mol. The first kappa shape index (κ1) is 25.9. The predicted octanol–water partition coefficient (Wildman–Crippen LogP) is 3.30. The van der Waals surface area contributed by atoms with E-state index in [0.29, 0.717) is 12.0 Å². The second-order valence-corrected chi connectivity index (χ2v) is 11.5. The number of hydrogen-bond donors (Lipinski definition) is 2. The molecule has 0 spiro atoms. The number of amides is 3. The summed E-state index contributed by atoms with van der Waals surface area (Å²) < 4.78 is 1.89. The Kier molecular flexibility index (Phi) is 6.99. The first-order valence-electron chi connectivity index (χ1n) is 13.5. The molecule has 38 heavy (non-hydrogen) atoms. The summed E-state index contributed by atoms with van der Waals surface area (Å²) in [6.45, 7) is 7.85. The van der Waals surface area contributed by atoms with Crippen LogP contribution in [0.5, 0.6) is 0 Å². The number of fused-ring (bicyclic) bond motifs is 2. The van der Waals surface area contributed by atoms with Crippen molar-refractivity contribution in [3.63, 3.8) is 0 Å². The van der Waals surface area contributed by atoms with Crippen molar-refractivity contribution < 1.29 is 14.4 Å². The van der Waals surface area contributed by atoms with Crippen molar-refractivity contribution in [3.8, 4) is 0 Å². The van der Waals surface area contributed by atoms with Crippen LogP contribution in [0, 0.1) is 11.8 Å². The van der Waals surface area contributed by atoms with Crippen LogP contribution in [0.15, 0.2) is 48.8 Å². The highest BCUT2D eigenvalue weighted by Crippen LogP contribution is 2.36. The Hall–Kier alpha value is -3.68. The fourth-order valence-electron chi connectivity index (χ4n) is 5.99. The van der Waals surface area contributed by atoms with Gasteiger partial charge >= 0.3 is 0 Å². The van der Waals surface area contributed by atoms with Gasteiger partial charge in [-0.25, -0.2) is 4.98 Å². The molecule has 1 fully saturated rings. The fraction of sp³-hybridized carbons (Fsp3) is 0.467. The molecule has 0 bridgehead atoms. The lowest BCUT2D eigenvalue weighted by Crippen LogP contribution is -2.67. The molecule has 3 atom stereocenters. The van der Waals surface area contributed by atoms with Gasteiger partial charge in [0.05, 0.1) is 17.4 Å². The molecule has 1 aromatic heterocycles. The summed E-state index contributed by atoms with van der Waals surface area (Å²) in [5.74, 6) is -0.571. The van der Waals surface area contributed by atoms with Crippen LogP contribution in [0.4, 0.5) is 0 Å². The average Bonchev–Trinajstić information content (AvgIpc) is 3.46. The molecule has 1 aliphatic carbocycles. The zero-order chi connectivity index (χ0) is 27.1. The van der Waals surface area contributed by atoms with E-state index in [1.54, 1.807) is 11.2 Å². The van der Waals surface area contributed by atoms with Crippen molar-refractivity contribution in [2.24, 2.45) is 18.9 Å². The number of carbonyl (C=O) groups is 3. The lowest BCUT2D eigenvalue weighted by Gasteiger charge is -2.45. The van der Waals surface area contributed by atoms with Crippen LogP contribution in [0.25, 0.3) is 11.0 Å². The number of hydrogen-bond acceptors (Lipinski definition) is 4. The van der Waals surface area contributed by atoms with Crippen LogP contribution in [-0.2, 0) is 34.3 Å². The fourth-order valence-corrected chi connectivity index (χ4v) is 5.99. The van der Waals surface area contributed by atoms with Gasteiger partial charge in [-0.1, -0.05) is 44.2 Å². The highest BCUT2D eigenvalue weighted by Gasteiger charge is 2.49. The number of aromatic nitrogens is 2. The zero-order valence-electron chi connectivity index (χ0n) is 22.8. The molecule has 200 valence electrons. The number of nitrogens with zero attached hydrogens (tertiary/aromatic N) is 3.